The van der Waals surface area contributed by atoms with E-state index in [1.165, 1.54) is 20.8 Å². The molecule has 0 radical (unpaired) electrons. The number of fused-ring (bicyclic) bond motifs is 5. The van der Waals surface area contributed by atoms with Gasteiger partial charge in [-0.1, -0.05) is 12.2 Å². The summed E-state index contributed by atoms with van der Waals surface area (Å²) in [5.41, 5.74) is -0.694. The van der Waals surface area contributed by atoms with E-state index in [2.05, 4.69) is 12.2 Å². The Bertz CT molecular complexity index is 644. The molecule has 1 heterocycles. The van der Waals surface area contributed by atoms with Crippen LogP contribution in [0.5, 0.6) is 0 Å². The second-order valence-corrected chi connectivity index (χ2v) is 7.42. The molecule has 0 aromatic rings. The summed E-state index contributed by atoms with van der Waals surface area (Å²) in [6.07, 6.45) is 3.00. The lowest BCUT2D eigenvalue weighted by atomic mass is 9.62. The largest absolute Gasteiger partial charge is 0.465 e. The van der Waals surface area contributed by atoms with Gasteiger partial charge in [0.1, 0.15) is 25.4 Å². The molecule has 3 rings (SSSR count). The minimum Gasteiger partial charge on any atom is -0.465 e. The fourth-order valence-electron chi connectivity index (χ4n) is 4.97. The monoisotopic (exact) mass is 382 g/mol. The summed E-state index contributed by atoms with van der Waals surface area (Å²) in [7, 11) is 1.55. The number of rotatable bonds is 6. The maximum absolute atomic E-state index is 11.9. The molecule has 0 amide bonds. The lowest BCUT2D eigenvalue weighted by Crippen LogP contribution is -2.64. The van der Waals surface area contributed by atoms with Crippen LogP contribution >= 0.6 is 0 Å². The Morgan fingerprint density at radius 3 is 2.37 bits per heavy atom. The molecule has 27 heavy (non-hydrogen) atoms. The van der Waals surface area contributed by atoms with Crippen LogP contribution in [-0.4, -0.2) is 56.7 Å². The van der Waals surface area contributed by atoms with Crippen molar-refractivity contribution >= 4 is 17.9 Å². The van der Waals surface area contributed by atoms with Crippen molar-refractivity contribution in [3.05, 3.63) is 12.2 Å². The summed E-state index contributed by atoms with van der Waals surface area (Å²) >= 11 is 0. The molecule has 8 heteroatoms. The van der Waals surface area contributed by atoms with Crippen LogP contribution in [-0.2, 0) is 38.1 Å². The molecule has 2 aliphatic carbocycles. The Morgan fingerprint density at radius 1 is 1.07 bits per heavy atom. The third kappa shape index (κ3) is 3.48. The van der Waals surface area contributed by atoms with Gasteiger partial charge in [-0.05, 0) is 18.3 Å². The van der Waals surface area contributed by atoms with Gasteiger partial charge in [-0.3, -0.25) is 14.4 Å². The van der Waals surface area contributed by atoms with Crippen LogP contribution in [0.4, 0.5) is 0 Å². The number of esters is 3. The van der Waals surface area contributed by atoms with Crippen LogP contribution in [0.1, 0.15) is 27.2 Å². The molecule has 0 spiro atoms. The molecule has 1 saturated carbocycles. The molecular formula is C19H26O8. The summed E-state index contributed by atoms with van der Waals surface area (Å²) in [6, 6.07) is 0. The van der Waals surface area contributed by atoms with Crippen molar-refractivity contribution in [3.63, 3.8) is 0 Å². The first-order valence-electron chi connectivity index (χ1n) is 9.10. The maximum Gasteiger partial charge on any atom is 0.303 e. The average Bonchev–Trinajstić information content (AvgIpc) is 3.19. The summed E-state index contributed by atoms with van der Waals surface area (Å²) in [6.45, 7) is 3.97. The topological polar surface area (TPSA) is 97.4 Å². The fourth-order valence-corrected chi connectivity index (χ4v) is 4.97. The Balaban J connectivity index is 2.02. The Morgan fingerprint density at radius 2 is 1.78 bits per heavy atom. The molecule has 0 N–H and O–H groups in total. The molecular weight excluding hydrogens is 356 g/mol. The number of carbonyl (C=O) groups excluding carboxylic acids is 3. The highest BCUT2D eigenvalue weighted by atomic mass is 16.7. The molecule has 150 valence electrons. The van der Waals surface area contributed by atoms with E-state index in [1.54, 1.807) is 7.11 Å². The summed E-state index contributed by atoms with van der Waals surface area (Å²) in [5.74, 6) is -1.28. The molecule has 0 unspecified atom stereocenters. The summed E-state index contributed by atoms with van der Waals surface area (Å²) in [5, 5.41) is 0. The predicted molar refractivity (Wildman–Crippen MR) is 91.2 cm³/mol. The zero-order valence-corrected chi connectivity index (χ0v) is 16.0. The quantitative estimate of drug-likeness (QED) is 0.384. The highest BCUT2D eigenvalue weighted by Crippen LogP contribution is 2.63. The molecule has 1 aliphatic heterocycles. The van der Waals surface area contributed by atoms with Crippen molar-refractivity contribution in [1.29, 1.82) is 0 Å². The molecule has 0 aromatic carbocycles. The Kier molecular flexibility index (Phi) is 5.58. The molecule has 2 bridgehead atoms. The van der Waals surface area contributed by atoms with Crippen molar-refractivity contribution in [2.75, 3.05) is 20.3 Å². The van der Waals surface area contributed by atoms with E-state index in [9.17, 15) is 14.4 Å². The van der Waals surface area contributed by atoms with E-state index in [0.717, 1.165) is 6.42 Å². The molecule has 2 fully saturated rings. The van der Waals surface area contributed by atoms with Gasteiger partial charge < -0.3 is 23.7 Å². The number of ether oxygens (including phenoxy) is 5. The van der Waals surface area contributed by atoms with Crippen LogP contribution in [0.25, 0.3) is 0 Å². The first kappa shape index (κ1) is 19.8. The maximum atomic E-state index is 11.9. The Labute approximate surface area is 158 Å². The van der Waals surface area contributed by atoms with E-state index in [1.807, 2.05) is 0 Å². The van der Waals surface area contributed by atoms with Crippen molar-refractivity contribution in [2.45, 2.75) is 45.7 Å². The molecule has 8 nitrogen and oxygen atoms in total. The standard InChI is InChI=1S/C19H26O8/c1-10(20)24-8-15-17(26-12(3)22)19(9-25-11(2)21)14-6-5-13(7-14)16(19)18(23-4)27-15/h5-6,13-18H,7-9H2,1-4H3/t13-,14+,15+,16+,17+,18-,19-/m0/s1. The molecule has 3 aliphatic rings. The van der Waals surface area contributed by atoms with Crippen LogP contribution in [0.15, 0.2) is 12.2 Å². The van der Waals surface area contributed by atoms with Crippen LogP contribution < -0.4 is 0 Å². The van der Waals surface area contributed by atoms with Gasteiger partial charge >= 0.3 is 17.9 Å². The van der Waals surface area contributed by atoms with E-state index < -0.39 is 41.8 Å². The van der Waals surface area contributed by atoms with Gasteiger partial charge in [-0.25, -0.2) is 0 Å². The average molecular weight is 382 g/mol. The second-order valence-electron chi connectivity index (χ2n) is 7.42. The molecule has 0 aromatic heterocycles. The van der Waals surface area contributed by atoms with E-state index in [0.29, 0.717) is 0 Å². The molecule has 1 saturated heterocycles. The number of methoxy groups -OCH3 is 1. The van der Waals surface area contributed by atoms with Gasteiger partial charge in [-0.2, -0.15) is 0 Å². The third-order valence-corrected chi connectivity index (χ3v) is 5.86. The van der Waals surface area contributed by atoms with Gasteiger partial charge in [-0.15, -0.1) is 0 Å². The smallest absolute Gasteiger partial charge is 0.303 e. The lowest BCUT2D eigenvalue weighted by molar-refractivity contribution is -0.305. The van der Waals surface area contributed by atoms with Crippen molar-refractivity contribution in [2.24, 2.45) is 23.2 Å². The number of carbonyl (C=O) groups is 3. The zero-order valence-electron chi connectivity index (χ0n) is 16.0. The van der Waals surface area contributed by atoms with Gasteiger partial charge in [0.25, 0.3) is 0 Å². The minimum atomic E-state index is -0.731. The fraction of sp³-hybridized carbons (Fsp3) is 0.737. The SMILES string of the molecule is CO[C@H]1O[C@H](COC(C)=O)[C@@H](OC(C)=O)[C@]2(COC(C)=O)[C@@H]1[C@H]1C=C[C@@H]2C1. The van der Waals surface area contributed by atoms with Crippen molar-refractivity contribution < 1.29 is 38.1 Å². The normalized spacial score (nSPS) is 39.0. The van der Waals surface area contributed by atoms with Gasteiger partial charge in [0, 0.05) is 33.8 Å². The van der Waals surface area contributed by atoms with E-state index in [-0.39, 0.29) is 31.0 Å². The van der Waals surface area contributed by atoms with Crippen LogP contribution in [0.3, 0.4) is 0 Å². The highest BCUT2D eigenvalue weighted by molar-refractivity contribution is 5.67. The first-order valence-corrected chi connectivity index (χ1v) is 9.10. The summed E-state index contributed by atoms with van der Waals surface area (Å²) < 4.78 is 27.9. The van der Waals surface area contributed by atoms with E-state index in [4.69, 9.17) is 23.7 Å². The zero-order chi connectivity index (χ0) is 19.8. The minimum absolute atomic E-state index is 0.0394. The summed E-state index contributed by atoms with van der Waals surface area (Å²) in [4.78, 5) is 34.8. The third-order valence-electron chi connectivity index (χ3n) is 5.86. The number of hydrogen-bond acceptors (Lipinski definition) is 8. The highest BCUT2D eigenvalue weighted by Gasteiger charge is 2.68. The number of hydrogen-bond donors (Lipinski definition) is 0. The molecule has 7 atom stereocenters. The second kappa shape index (κ2) is 7.59. The van der Waals surface area contributed by atoms with Crippen molar-refractivity contribution in [1.82, 2.24) is 0 Å². The van der Waals surface area contributed by atoms with Gasteiger partial charge in [0.15, 0.2) is 6.29 Å². The van der Waals surface area contributed by atoms with Gasteiger partial charge in [0.05, 0.1) is 5.41 Å². The number of allylic oxidation sites excluding steroid dienone is 2. The predicted octanol–water partition coefficient (Wildman–Crippen LogP) is 1.22. The van der Waals surface area contributed by atoms with Crippen LogP contribution in [0.2, 0.25) is 0 Å². The van der Waals surface area contributed by atoms with Gasteiger partial charge in [0.2, 0.25) is 0 Å². The Hall–Kier alpha value is -1.93. The lowest BCUT2D eigenvalue weighted by Gasteiger charge is -2.54. The van der Waals surface area contributed by atoms with Crippen LogP contribution in [0, 0.1) is 23.2 Å². The van der Waals surface area contributed by atoms with E-state index >= 15 is 0 Å². The first-order chi connectivity index (χ1) is 12.8. The van der Waals surface area contributed by atoms with Crippen molar-refractivity contribution in [3.8, 4) is 0 Å².